The molecule has 1 atom stereocenters. The number of aryl methyl sites for hydroxylation is 1. The van der Waals surface area contributed by atoms with Crippen LogP contribution in [0, 0.1) is 6.92 Å². The second kappa shape index (κ2) is 6.92. The molecular weight excluding hydrogens is 330 g/mol. The summed E-state index contributed by atoms with van der Waals surface area (Å²) in [6, 6.07) is 6.96. The molecule has 126 valence electrons. The van der Waals surface area contributed by atoms with Gasteiger partial charge in [0, 0.05) is 11.8 Å². The van der Waals surface area contributed by atoms with Crippen molar-refractivity contribution in [2.45, 2.75) is 20.0 Å². The van der Waals surface area contributed by atoms with Crippen molar-refractivity contribution < 1.29 is 23.8 Å². The van der Waals surface area contributed by atoms with Crippen LogP contribution < -0.4 is 14.8 Å². The smallest absolute Gasteiger partial charge is 0.349 e. The predicted molar refractivity (Wildman–Crippen MR) is 90.0 cm³/mol. The van der Waals surface area contributed by atoms with Crippen molar-refractivity contribution in [2.24, 2.45) is 0 Å². The van der Waals surface area contributed by atoms with Crippen LogP contribution in [0.1, 0.15) is 22.2 Å². The molecule has 1 N–H and O–H groups in total. The number of esters is 1. The fourth-order valence-electron chi connectivity index (χ4n) is 2.21. The van der Waals surface area contributed by atoms with Crippen LogP contribution in [-0.2, 0) is 9.53 Å². The number of carbonyl (C=O) groups excluding carboxylic acids is 2. The summed E-state index contributed by atoms with van der Waals surface area (Å²) < 4.78 is 16.1. The monoisotopic (exact) mass is 347 g/mol. The fourth-order valence-corrected chi connectivity index (χ4v) is 3.02. The van der Waals surface area contributed by atoms with Gasteiger partial charge in [0.1, 0.15) is 18.1 Å². The highest BCUT2D eigenvalue weighted by Gasteiger charge is 2.21. The summed E-state index contributed by atoms with van der Waals surface area (Å²) in [6.45, 7) is 4.34. The van der Waals surface area contributed by atoms with Crippen molar-refractivity contribution in [1.82, 2.24) is 0 Å². The molecule has 0 spiro atoms. The molecule has 0 saturated carbocycles. The Balaban J connectivity index is 1.62. The Morgan fingerprint density at radius 3 is 2.67 bits per heavy atom. The maximum Gasteiger partial charge on any atom is 0.349 e. The Labute approximate surface area is 143 Å². The van der Waals surface area contributed by atoms with Crippen LogP contribution in [0.2, 0.25) is 0 Å². The van der Waals surface area contributed by atoms with Crippen LogP contribution >= 0.6 is 11.3 Å². The Hall–Kier alpha value is -2.54. The predicted octanol–water partition coefficient (Wildman–Crippen LogP) is 3.01. The number of rotatable bonds is 4. The van der Waals surface area contributed by atoms with Crippen molar-refractivity contribution in [3.05, 3.63) is 40.1 Å². The number of thiophene rings is 1. The summed E-state index contributed by atoms with van der Waals surface area (Å²) in [4.78, 5) is 24.8. The van der Waals surface area contributed by atoms with Gasteiger partial charge in [0.15, 0.2) is 17.6 Å². The van der Waals surface area contributed by atoms with Crippen molar-refractivity contribution in [3.63, 3.8) is 0 Å². The van der Waals surface area contributed by atoms with E-state index in [2.05, 4.69) is 5.32 Å². The molecule has 7 heteroatoms. The lowest BCUT2D eigenvalue weighted by Gasteiger charge is -2.19. The number of hydrogen-bond acceptors (Lipinski definition) is 6. The van der Waals surface area contributed by atoms with Crippen LogP contribution in [0.15, 0.2) is 29.6 Å². The number of hydrogen-bond donors (Lipinski definition) is 1. The minimum atomic E-state index is -0.910. The number of carbonyl (C=O) groups is 2. The Bertz CT molecular complexity index is 770. The third-order valence-electron chi connectivity index (χ3n) is 3.51. The molecule has 24 heavy (non-hydrogen) atoms. The molecule has 1 aromatic heterocycles. The molecular formula is C17H17NO5S. The standard InChI is InChI=1S/C17H17NO5S/c1-10-5-8-24-15(10)17(20)23-11(2)16(19)18-12-3-4-13-14(9-12)22-7-6-21-13/h3-5,8-9,11H,6-7H2,1-2H3,(H,18,19). The number of fused-ring (bicyclic) bond motifs is 1. The van der Waals surface area contributed by atoms with E-state index in [0.717, 1.165) is 5.56 Å². The molecule has 0 fully saturated rings. The van der Waals surface area contributed by atoms with Gasteiger partial charge in [-0.3, -0.25) is 4.79 Å². The molecule has 1 unspecified atom stereocenters. The molecule has 0 saturated heterocycles. The molecule has 0 bridgehead atoms. The second-order valence-electron chi connectivity index (χ2n) is 5.33. The van der Waals surface area contributed by atoms with Crippen LogP contribution in [0.5, 0.6) is 11.5 Å². The average molecular weight is 347 g/mol. The third-order valence-corrected chi connectivity index (χ3v) is 4.51. The summed E-state index contributed by atoms with van der Waals surface area (Å²) in [5.74, 6) is 0.325. The molecule has 1 aliphatic rings. The van der Waals surface area contributed by atoms with Crippen LogP contribution in [0.25, 0.3) is 0 Å². The van der Waals surface area contributed by atoms with Gasteiger partial charge >= 0.3 is 5.97 Å². The van der Waals surface area contributed by atoms with Gasteiger partial charge < -0.3 is 19.5 Å². The largest absolute Gasteiger partial charge is 0.486 e. The lowest BCUT2D eigenvalue weighted by molar-refractivity contribution is -0.123. The van der Waals surface area contributed by atoms with E-state index in [4.69, 9.17) is 14.2 Å². The van der Waals surface area contributed by atoms with Crippen LogP contribution in [0.4, 0.5) is 5.69 Å². The van der Waals surface area contributed by atoms with E-state index in [0.29, 0.717) is 35.3 Å². The maximum atomic E-state index is 12.2. The first-order chi connectivity index (χ1) is 11.5. The fraction of sp³-hybridized carbons (Fsp3) is 0.294. The summed E-state index contributed by atoms with van der Waals surface area (Å²) in [6.07, 6.45) is -0.910. The summed E-state index contributed by atoms with van der Waals surface area (Å²) in [5.41, 5.74) is 1.39. The van der Waals surface area contributed by atoms with Crippen molar-refractivity contribution in [3.8, 4) is 11.5 Å². The number of amides is 1. The zero-order chi connectivity index (χ0) is 17.1. The first kappa shape index (κ1) is 16.3. The molecule has 2 heterocycles. The van der Waals surface area contributed by atoms with Gasteiger partial charge in [-0.25, -0.2) is 4.79 Å². The van der Waals surface area contributed by atoms with E-state index in [1.165, 1.54) is 18.3 Å². The van der Waals surface area contributed by atoms with E-state index in [9.17, 15) is 9.59 Å². The van der Waals surface area contributed by atoms with E-state index < -0.39 is 18.0 Å². The topological polar surface area (TPSA) is 73.9 Å². The minimum Gasteiger partial charge on any atom is -0.486 e. The van der Waals surface area contributed by atoms with Gasteiger partial charge in [0.05, 0.1) is 0 Å². The number of benzene rings is 1. The van der Waals surface area contributed by atoms with Crippen molar-refractivity contribution in [2.75, 3.05) is 18.5 Å². The van der Waals surface area contributed by atoms with E-state index in [1.54, 1.807) is 18.2 Å². The van der Waals surface area contributed by atoms with E-state index in [-0.39, 0.29) is 0 Å². The first-order valence-corrected chi connectivity index (χ1v) is 8.38. The highest BCUT2D eigenvalue weighted by molar-refractivity contribution is 7.12. The minimum absolute atomic E-state index is 0.408. The Morgan fingerprint density at radius 1 is 1.21 bits per heavy atom. The van der Waals surface area contributed by atoms with Crippen molar-refractivity contribution >= 4 is 28.9 Å². The Kier molecular flexibility index (Phi) is 4.71. The molecule has 1 aliphatic heterocycles. The molecule has 1 aromatic carbocycles. The first-order valence-electron chi connectivity index (χ1n) is 7.50. The van der Waals surface area contributed by atoms with Crippen molar-refractivity contribution in [1.29, 1.82) is 0 Å². The molecule has 1 amide bonds. The molecule has 2 aromatic rings. The molecule has 0 radical (unpaired) electrons. The Morgan fingerprint density at radius 2 is 1.96 bits per heavy atom. The lowest BCUT2D eigenvalue weighted by atomic mass is 10.2. The maximum absolute atomic E-state index is 12.2. The third kappa shape index (κ3) is 3.51. The van der Waals surface area contributed by atoms with E-state index in [1.807, 2.05) is 18.4 Å². The van der Waals surface area contributed by atoms with Gasteiger partial charge in [0.25, 0.3) is 5.91 Å². The quantitative estimate of drug-likeness (QED) is 0.861. The molecule has 0 aliphatic carbocycles. The normalized spacial score (nSPS) is 13.9. The highest BCUT2D eigenvalue weighted by atomic mass is 32.1. The average Bonchev–Trinajstić information content (AvgIpc) is 3.00. The SMILES string of the molecule is Cc1ccsc1C(=O)OC(C)C(=O)Nc1ccc2c(c1)OCCO2. The van der Waals surface area contributed by atoms with E-state index >= 15 is 0 Å². The second-order valence-corrected chi connectivity index (χ2v) is 6.24. The summed E-state index contributed by atoms with van der Waals surface area (Å²) in [7, 11) is 0. The van der Waals surface area contributed by atoms with Gasteiger partial charge in [-0.15, -0.1) is 11.3 Å². The van der Waals surface area contributed by atoms with Gasteiger partial charge in [0.2, 0.25) is 0 Å². The zero-order valence-corrected chi connectivity index (χ0v) is 14.1. The van der Waals surface area contributed by atoms with Gasteiger partial charge in [-0.05, 0) is 43.0 Å². The van der Waals surface area contributed by atoms with Crippen LogP contribution in [-0.4, -0.2) is 31.2 Å². The highest BCUT2D eigenvalue weighted by Crippen LogP contribution is 2.32. The number of anilines is 1. The number of nitrogens with one attached hydrogen (secondary N) is 1. The summed E-state index contributed by atoms with van der Waals surface area (Å²) >= 11 is 1.29. The van der Waals surface area contributed by atoms with Gasteiger partial charge in [-0.2, -0.15) is 0 Å². The molecule has 3 rings (SSSR count). The number of ether oxygens (including phenoxy) is 3. The lowest BCUT2D eigenvalue weighted by Crippen LogP contribution is -2.30. The zero-order valence-electron chi connectivity index (χ0n) is 13.3. The van der Waals surface area contributed by atoms with Gasteiger partial charge in [-0.1, -0.05) is 0 Å². The summed E-state index contributed by atoms with van der Waals surface area (Å²) in [5, 5.41) is 4.52. The molecule has 6 nitrogen and oxygen atoms in total. The van der Waals surface area contributed by atoms with Crippen LogP contribution in [0.3, 0.4) is 0 Å².